The summed E-state index contributed by atoms with van der Waals surface area (Å²) in [5, 5.41) is 11.4. The summed E-state index contributed by atoms with van der Waals surface area (Å²) in [4.78, 5) is 15.8. The first kappa shape index (κ1) is 15.9. The molecule has 1 fully saturated rings. The van der Waals surface area contributed by atoms with Crippen LogP contribution in [0.5, 0.6) is 0 Å². The quantitative estimate of drug-likeness (QED) is 0.837. The Morgan fingerprint density at radius 2 is 2.17 bits per heavy atom. The van der Waals surface area contributed by atoms with E-state index in [1.54, 1.807) is 0 Å². The number of nitrogens with two attached hydrogens (primary N) is 1. The van der Waals surface area contributed by atoms with Crippen LogP contribution in [0.1, 0.15) is 24.3 Å². The molecule has 9 heteroatoms. The lowest BCUT2D eigenvalue weighted by molar-refractivity contribution is -0.137. The van der Waals surface area contributed by atoms with Gasteiger partial charge in [-0.05, 0) is 31.0 Å². The van der Waals surface area contributed by atoms with E-state index >= 15 is 0 Å². The average Bonchev–Trinajstić information content (AvgIpc) is 3.16. The van der Waals surface area contributed by atoms with Gasteiger partial charge in [-0.25, -0.2) is 4.98 Å². The maximum Gasteiger partial charge on any atom is 0.416 e. The number of carbonyl (C=O) groups is 1. The Labute approximate surface area is 133 Å². The molecule has 3 rings (SSSR count). The standard InChI is InChI=1S/C15H11F3N4O2/c16-15(17,18)8-1-2-11-10(5-8)21-12(24-11)6-9(20)13(23)22-14(7-19)3-4-14/h1-2,5-6H,3-4,20H2,(H,22,23)/b9-6-. The van der Waals surface area contributed by atoms with E-state index in [0.717, 1.165) is 24.3 Å². The molecule has 24 heavy (non-hydrogen) atoms. The predicted octanol–water partition coefficient (Wildman–Crippen LogP) is 2.32. The molecule has 0 saturated heterocycles. The van der Waals surface area contributed by atoms with Crippen LogP contribution >= 0.6 is 0 Å². The van der Waals surface area contributed by atoms with Crippen molar-refractivity contribution in [3.05, 3.63) is 35.4 Å². The Morgan fingerprint density at radius 3 is 2.75 bits per heavy atom. The van der Waals surface area contributed by atoms with Crippen molar-refractivity contribution in [2.45, 2.75) is 24.6 Å². The van der Waals surface area contributed by atoms with Crippen LogP contribution < -0.4 is 11.1 Å². The minimum atomic E-state index is -4.49. The summed E-state index contributed by atoms with van der Waals surface area (Å²) in [5.41, 5.74) is 3.78. The molecule has 2 aromatic rings. The van der Waals surface area contributed by atoms with E-state index in [1.165, 1.54) is 0 Å². The van der Waals surface area contributed by atoms with Gasteiger partial charge in [-0.2, -0.15) is 18.4 Å². The highest BCUT2D eigenvalue weighted by molar-refractivity contribution is 5.97. The lowest BCUT2D eigenvalue weighted by atomic mass is 10.2. The lowest BCUT2D eigenvalue weighted by Crippen LogP contribution is -2.38. The molecule has 1 saturated carbocycles. The number of halogens is 3. The fourth-order valence-electron chi connectivity index (χ4n) is 2.06. The van der Waals surface area contributed by atoms with Crippen LogP contribution in [0, 0.1) is 11.3 Å². The number of nitriles is 1. The van der Waals surface area contributed by atoms with Gasteiger partial charge in [-0.1, -0.05) is 0 Å². The van der Waals surface area contributed by atoms with Crippen molar-refractivity contribution in [3.63, 3.8) is 0 Å². The first-order valence-corrected chi connectivity index (χ1v) is 6.91. The molecule has 1 amide bonds. The number of aromatic nitrogens is 1. The SMILES string of the molecule is N#CC1(NC(=O)/C(N)=C/c2nc3cc(C(F)(F)F)ccc3o2)CC1. The van der Waals surface area contributed by atoms with Crippen LogP contribution in [0.25, 0.3) is 17.2 Å². The van der Waals surface area contributed by atoms with Gasteiger partial charge >= 0.3 is 6.18 Å². The van der Waals surface area contributed by atoms with E-state index in [1.807, 2.05) is 6.07 Å². The molecular formula is C15H11F3N4O2. The van der Waals surface area contributed by atoms with Gasteiger partial charge in [0.25, 0.3) is 5.91 Å². The topological polar surface area (TPSA) is 105 Å². The van der Waals surface area contributed by atoms with Crippen molar-refractivity contribution in [1.29, 1.82) is 5.26 Å². The van der Waals surface area contributed by atoms with Crippen LogP contribution in [0.4, 0.5) is 13.2 Å². The predicted molar refractivity (Wildman–Crippen MR) is 76.9 cm³/mol. The van der Waals surface area contributed by atoms with E-state index in [-0.39, 0.29) is 22.7 Å². The number of nitrogens with zero attached hydrogens (tertiary/aromatic N) is 2. The number of benzene rings is 1. The number of rotatable bonds is 3. The van der Waals surface area contributed by atoms with Gasteiger partial charge in [0.15, 0.2) is 5.58 Å². The Bertz CT molecular complexity index is 888. The second-order valence-corrected chi connectivity index (χ2v) is 5.48. The monoisotopic (exact) mass is 336 g/mol. The largest absolute Gasteiger partial charge is 0.437 e. The molecule has 0 aliphatic heterocycles. The fraction of sp³-hybridized carbons (Fsp3) is 0.267. The van der Waals surface area contributed by atoms with Crippen molar-refractivity contribution in [2.75, 3.05) is 0 Å². The third kappa shape index (κ3) is 3.03. The normalized spacial score (nSPS) is 16.7. The third-order valence-electron chi connectivity index (χ3n) is 3.59. The van der Waals surface area contributed by atoms with E-state index in [2.05, 4.69) is 10.3 Å². The number of fused-ring (bicyclic) bond motifs is 1. The highest BCUT2D eigenvalue weighted by Crippen LogP contribution is 2.34. The Hall–Kier alpha value is -3.02. The van der Waals surface area contributed by atoms with Crippen molar-refractivity contribution in [3.8, 4) is 6.07 Å². The maximum atomic E-state index is 12.7. The molecule has 6 nitrogen and oxygen atoms in total. The summed E-state index contributed by atoms with van der Waals surface area (Å²) < 4.78 is 43.2. The zero-order valence-electron chi connectivity index (χ0n) is 12.1. The summed E-state index contributed by atoms with van der Waals surface area (Å²) in [6.07, 6.45) is -2.29. The molecule has 0 spiro atoms. The zero-order valence-corrected chi connectivity index (χ0v) is 12.1. The maximum absolute atomic E-state index is 12.7. The van der Waals surface area contributed by atoms with Gasteiger partial charge in [-0.3, -0.25) is 4.79 Å². The zero-order chi connectivity index (χ0) is 17.5. The highest BCUT2D eigenvalue weighted by Gasteiger charge is 2.44. The van der Waals surface area contributed by atoms with Gasteiger partial charge in [-0.15, -0.1) is 0 Å². The molecule has 1 aromatic heterocycles. The first-order chi connectivity index (χ1) is 11.2. The van der Waals surface area contributed by atoms with Gasteiger partial charge in [0.05, 0.1) is 11.6 Å². The first-order valence-electron chi connectivity index (χ1n) is 6.91. The molecule has 0 atom stereocenters. The van der Waals surface area contributed by atoms with Crippen LogP contribution in [0.2, 0.25) is 0 Å². The number of nitrogens with one attached hydrogen (secondary N) is 1. The lowest BCUT2D eigenvalue weighted by Gasteiger charge is -2.08. The number of oxazole rings is 1. The molecule has 1 heterocycles. The van der Waals surface area contributed by atoms with Crippen molar-refractivity contribution < 1.29 is 22.4 Å². The highest BCUT2D eigenvalue weighted by atomic mass is 19.4. The van der Waals surface area contributed by atoms with Gasteiger partial charge < -0.3 is 15.5 Å². The Kier molecular flexibility index (Phi) is 3.48. The molecule has 1 aliphatic rings. The number of alkyl halides is 3. The summed E-state index contributed by atoms with van der Waals surface area (Å²) in [6, 6.07) is 4.85. The number of amides is 1. The summed E-state index contributed by atoms with van der Waals surface area (Å²) in [5.74, 6) is -0.758. The van der Waals surface area contributed by atoms with Crippen LogP contribution in [0.3, 0.4) is 0 Å². The van der Waals surface area contributed by atoms with Crippen LogP contribution in [-0.2, 0) is 11.0 Å². The minimum absolute atomic E-state index is 0.0000267. The average molecular weight is 336 g/mol. The van der Waals surface area contributed by atoms with Gasteiger partial charge in [0.1, 0.15) is 16.8 Å². The summed E-state index contributed by atoms with van der Waals surface area (Å²) >= 11 is 0. The van der Waals surface area contributed by atoms with E-state index in [9.17, 15) is 18.0 Å². The number of carbonyl (C=O) groups excluding carboxylic acids is 1. The van der Waals surface area contributed by atoms with Gasteiger partial charge in [0.2, 0.25) is 5.89 Å². The van der Waals surface area contributed by atoms with Gasteiger partial charge in [0, 0.05) is 6.08 Å². The fourth-order valence-corrected chi connectivity index (χ4v) is 2.06. The van der Waals surface area contributed by atoms with Crippen molar-refractivity contribution >= 4 is 23.1 Å². The third-order valence-corrected chi connectivity index (χ3v) is 3.59. The molecule has 0 unspecified atom stereocenters. The molecule has 1 aliphatic carbocycles. The van der Waals surface area contributed by atoms with E-state index in [4.69, 9.17) is 15.4 Å². The Balaban J connectivity index is 1.84. The second-order valence-electron chi connectivity index (χ2n) is 5.48. The number of hydrogen-bond acceptors (Lipinski definition) is 5. The molecule has 0 bridgehead atoms. The second kappa shape index (κ2) is 5.26. The minimum Gasteiger partial charge on any atom is -0.437 e. The van der Waals surface area contributed by atoms with Crippen molar-refractivity contribution in [1.82, 2.24) is 10.3 Å². The van der Waals surface area contributed by atoms with Crippen LogP contribution in [0.15, 0.2) is 28.3 Å². The summed E-state index contributed by atoms with van der Waals surface area (Å²) in [7, 11) is 0. The molecule has 1 aromatic carbocycles. The number of hydrogen-bond donors (Lipinski definition) is 2. The molecule has 124 valence electrons. The summed E-state index contributed by atoms with van der Waals surface area (Å²) in [6.45, 7) is 0. The Morgan fingerprint density at radius 1 is 1.46 bits per heavy atom. The molecular weight excluding hydrogens is 325 g/mol. The smallest absolute Gasteiger partial charge is 0.416 e. The molecule has 0 radical (unpaired) electrons. The van der Waals surface area contributed by atoms with Crippen LogP contribution in [-0.4, -0.2) is 16.4 Å². The van der Waals surface area contributed by atoms with E-state index in [0.29, 0.717) is 12.8 Å². The van der Waals surface area contributed by atoms with E-state index < -0.39 is 23.2 Å². The van der Waals surface area contributed by atoms with Crippen molar-refractivity contribution in [2.24, 2.45) is 5.73 Å². The molecule has 3 N–H and O–H groups in total.